The Morgan fingerprint density at radius 3 is 0.913 bits per heavy atom. The van der Waals surface area contributed by atoms with Crippen LogP contribution in [-0.2, 0) is 14.3 Å². The highest BCUT2D eigenvalue weighted by Crippen LogP contribution is 2.25. The highest BCUT2D eigenvalue weighted by Gasteiger charge is 2.44. The van der Waals surface area contributed by atoms with Crippen molar-refractivity contribution in [3.63, 3.8) is 0 Å². The molecule has 9 unspecified atom stereocenters. The van der Waals surface area contributed by atoms with Gasteiger partial charge in [-0.25, -0.2) is 0 Å². The molecule has 1 amide bonds. The summed E-state index contributed by atoms with van der Waals surface area (Å²) in [4.78, 5) is 13.3. The van der Waals surface area contributed by atoms with E-state index >= 15 is 0 Å². The van der Waals surface area contributed by atoms with Crippen molar-refractivity contribution in [2.75, 3.05) is 13.2 Å². The topological polar surface area (TPSA) is 189 Å². The fourth-order valence-electron chi connectivity index (χ4n) is 13.8. The molecular weight excluding hydrogens is 1150 g/mol. The van der Waals surface area contributed by atoms with Gasteiger partial charge in [-0.05, 0) is 38.5 Å². The normalized spacial score (nSPS) is 18.3. The lowest BCUT2D eigenvalue weighted by molar-refractivity contribution is -0.303. The lowest BCUT2D eigenvalue weighted by Crippen LogP contribution is -2.60. The van der Waals surface area contributed by atoms with Gasteiger partial charge in [-0.1, -0.05) is 405 Å². The van der Waals surface area contributed by atoms with Gasteiger partial charge in [0, 0.05) is 0 Å². The molecule has 0 spiro atoms. The third-order valence-corrected chi connectivity index (χ3v) is 20.3. The molecule has 0 aromatic carbocycles. The zero-order chi connectivity index (χ0) is 66.7. The number of amides is 1. The molecule has 1 fully saturated rings. The second-order valence-corrected chi connectivity index (χ2v) is 29.2. The van der Waals surface area contributed by atoms with Crippen molar-refractivity contribution in [1.82, 2.24) is 5.32 Å². The van der Waals surface area contributed by atoms with Gasteiger partial charge in [-0.15, -0.1) is 0 Å². The van der Waals surface area contributed by atoms with Gasteiger partial charge < -0.3 is 50.5 Å². The van der Waals surface area contributed by atoms with Gasteiger partial charge in [-0.3, -0.25) is 4.79 Å². The molecule has 1 aliphatic rings. The zero-order valence-corrected chi connectivity index (χ0v) is 61.1. The molecule has 1 aliphatic heterocycles. The lowest BCUT2D eigenvalue weighted by atomic mass is 9.98. The van der Waals surface area contributed by atoms with Gasteiger partial charge in [0.15, 0.2) is 6.29 Å². The predicted molar refractivity (Wildman–Crippen MR) is 390 cm³/mol. The van der Waals surface area contributed by atoms with E-state index in [1.165, 1.54) is 353 Å². The molecule has 1 rings (SSSR count). The summed E-state index contributed by atoms with van der Waals surface area (Å²) in [6.07, 6.45) is 77.6. The van der Waals surface area contributed by atoms with Crippen LogP contribution >= 0.6 is 0 Å². The minimum atomic E-state index is -1.66. The largest absolute Gasteiger partial charge is 0.394 e. The standard InChI is InChI=1S/C81H159NO10/c1-3-5-7-9-11-13-15-17-19-21-23-25-27-29-31-33-34-35-36-37-38-39-41-43-45-47-49-51-53-55-57-59-61-63-65-67-69-74(85)80(90)82-72(71-91-81-79(89)78(88)77(87)75(70-83)92-81)76(86)73(84)68-66-64-62-60-58-56-54-52-50-48-46-44-42-40-32-30-28-26-24-22-20-18-16-14-12-10-8-6-4-2/h35-36,72-79,81,83-89H,3-34,37-71H2,1-2H3,(H,82,90)/b36-35-. The third-order valence-electron chi connectivity index (χ3n) is 20.3. The maximum absolute atomic E-state index is 13.3. The van der Waals surface area contributed by atoms with Crippen LogP contribution in [0.2, 0.25) is 0 Å². The maximum atomic E-state index is 13.3. The molecular formula is C81H159NO10. The second-order valence-electron chi connectivity index (χ2n) is 29.2. The number of nitrogens with one attached hydrogen (secondary N) is 1. The van der Waals surface area contributed by atoms with E-state index < -0.39 is 74.2 Å². The summed E-state index contributed by atoms with van der Waals surface area (Å²) in [6, 6.07) is -1.17. The molecule has 0 saturated carbocycles. The van der Waals surface area contributed by atoms with Crippen LogP contribution in [0.25, 0.3) is 0 Å². The smallest absolute Gasteiger partial charge is 0.249 e. The molecule has 1 heterocycles. The quantitative estimate of drug-likeness (QED) is 0.0215. The molecule has 548 valence electrons. The van der Waals surface area contributed by atoms with Crippen molar-refractivity contribution < 1.29 is 50.0 Å². The van der Waals surface area contributed by atoms with Crippen molar-refractivity contribution in [2.24, 2.45) is 0 Å². The first-order valence-corrected chi connectivity index (χ1v) is 41.1. The highest BCUT2D eigenvalue weighted by molar-refractivity contribution is 5.80. The number of unbranched alkanes of at least 4 members (excludes halogenated alkanes) is 60. The minimum Gasteiger partial charge on any atom is -0.394 e. The highest BCUT2D eigenvalue weighted by atomic mass is 16.7. The summed E-state index contributed by atoms with van der Waals surface area (Å²) in [5.41, 5.74) is 0. The van der Waals surface area contributed by atoms with Gasteiger partial charge in [0.1, 0.15) is 36.6 Å². The van der Waals surface area contributed by atoms with E-state index in [-0.39, 0.29) is 6.42 Å². The SMILES string of the molecule is CCCCCCCCCCCCCCCCCC/C=C\CCCCCCCCCCCCCCCCCCC(O)C(=O)NC(COC1OC(CO)C(O)C(O)C1O)C(O)C(O)CCCCCCCCCCCCCCCCCCCCCCCCCCCCCCC. The van der Waals surface area contributed by atoms with E-state index in [0.29, 0.717) is 19.3 Å². The molecule has 0 aromatic heterocycles. The Hall–Kier alpha value is -1.15. The number of rotatable bonds is 74. The van der Waals surface area contributed by atoms with Gasteiger partial charge >= 0.3 is 0 Å². The van der Waals surface area contributed by atoms with Crippen LogP contribution in [0, 0.1) is 0 Å². The predicted octanol–water partition coefficient (Wildman–Crippen LogP) is 21.3. The zero-order valence-electron chi connectivity index (χ0n) is 61.1. The first-order chi connectivity index (χ1) is 45.2. The Labute approximate surface area is 570 Å². The van der Waals surface area contributed by atoms with Gasteiger partial charge in [-0.2, -0.15) is 0 Å². The number of allylic oxidation sites excluding steroid dienone is 2. The summed E-state index contributed by atoms with van der Waals surface area (Å²) >= 11 is 0. The van der Waals surface area contributed by atoms with Crippen LogP contribution in [0.3, 0.4) is 0 Å². The molecule has 11 heteroatoms. The number of ether oxygens (including phenoxy) is 2. The Morgan fingerprint density at radius 1 is 0.370 bits per heavy atom. The van der Waals surface area contributed by atoms with E-state index in [2.05, 4.69) is 31.3 Å². The molecule has 0 bridgehead atoms. The number of aliphatic hydroxyl groups excluding tert-OH is 7. The van der Waals surface area contributed by atoms with Crippen molar-refractivity contribution in [1.29, 1.82) is 0 Å². The number of carbonyl (C=O) groups is 1. The first kappa shape index (κ1) is 88.9. The molecule has 0 aliphatic carbocycles. The lowest BCUT2D eigenvalue weighted by Gasteiger charge is -2.40. The number of aliphatic hydroxyl groups is 7. The van der Waals surface area contributed by atoms with Crippen LogP contribution in [0.4, 0.5) is 0 Å². The summed E-state index contributed by atoms with van der Waals surface area (Å²) in [7, 11) is 0. The van der Waals surface area contributed by atoms with Crippen LogP contribution in [0.1, 0.15) is 431 Å². The maximum Gasteiger partial charge on any atom is 0.249 e. The summed E-state index contributed by atoms with van der Waals surface area (Å²) in [6.45, 7) is 3.54. The average molecular weight is 1310 g/mol. The fraction of sp³-hybridized carbons (Fsp3) is 0.963. The van der Waals surface area contributed by atoms with E-state index in [1.807, 2.05) is 0 Å². The van der Waals surface area contributed by atoms with Gasteiger partial charge in [0.2, 0.25) is 5.91 Å². The van der Waals surface area contributed by atoms with E-state index in [1.54, 1.807) is 0 Å². The van der Waals surface area contributed by atoms with Crippen LogP contribution < -0.4 is 5.32 Å². The van der Waals surface area contributed by atoms with Crippen LogP contribution in [-0.4, -0.2) is 110 Å². The van der Waals surface area contributed by atoms with Crippen LogP contribution in [0.5, 0.6) is 0 Å². The number of hydrogen-bond acceptors (Lipinski definition) is 10. The summed E-state index contributed by atoms with van der Waals surface area (Å²) < 4.78 is 11.2. The average Bonchev–Trinajstić information content (AvgIpc) is 0.946. The van der Waals surface area contributed by atoms with Gasteiger partial charge in [0.05, 0.1) is 25.4 Å². The minimum absolute atomic E-state index is 0.265. The fourth-order valence-corrected chi connectivity index (χ4v) is 13.8. The van der Waals surface area contributed by atoms with E-state index in [0.717, 1.165) is 38.5 Å². The van der Waals surface area contributed by atoms with Crippen molar-refractivity contribution in [2.45, 2.75) is 486 Å². The van der Waals surface area contributed by atoms with Crippen LogP contribution in [0.15, 0.2) is 12.2 Å². The third kappa shape index (κ3) is 55.8. The van der Waals surface area contributed by atoms with Gasteiger partial charge in [0.25, 0.3) is 0 Å². The van der Waals surface area contributed by atoms with E-state index in [9.17, 15) is 40.5 Å². The molecule has 11 nitrogen and oxygen atoms in total. The Kier molecular flexibility index (Phi) is 67.4. The van der Waals surface area contributed by atoms with Crippen molar-refractivity contribution in [3.05, 3.63) is 12.2 Å². The van der Waals surface area contributed by atoms with Crippen molar-refractivity contribution >= 4 is 5.91 Å². The molecule has 1 saturated heterocycles. The summed E-state index contributed by atoms with van der Waals surface area (Å²) in [5.74, 6) is -0.687. The molecule has 8 N–H and O–H groups in total. The number of carbonyl (C=O) groups excluding carboxylic acids is 1. The van der Waals surface area contributed by atoms with Crippen molar-refractivity contribution in [3.8, 4) is 0 Å². The molecule has 9 atom stereocenters. The second kappa shape index (κ2) is 69.7. The monoisotopic (exact) mass is 1310 g/mol. The first-order valence-electron chi connectivity index (χ1n) is 41.1. The summed E-state index contributed by atoms with van der Waals surface area (Å²) in [5, 5.41) is 76.8. The van der Waals surface area contributed by atoms with E-state index in [4.69, 9.17) is 9.47 Å². The molecule has 0 radical (unpaired) electrons. The molecule has 92 heavy (non-hydrogen) atoms. The Bertz CT molecular complexity index is 1500. The molecule has 0 aromatic rings. The number of hydrogen-bond donors (Lipinski definition) is 8. The Morgan fingerprint density at radius 2 is 0.630 bits per heavy atom. The Balaban J connectivity index is 2.11.